The number of piperazine rings is 1. The molecule has 0 radical (unpaired) electrons. The first-order valence-corrected chi connectivity index (χ1v) is 8.59. The van der Waals surface area contributed by atoms with Crippen LogP contribution in [0.25, 0.3) is 0 Å². The number of halogens is 3. The fraction of sp³-hybridized carbons (Fsp3) is 0.588. The number of hydrogen-bond donors (Lipinski definition) is 0. The maximum absolute atomic E-state index is 12.8. The van der Waals surface area contributed by atoms with Crippen molar-refractivity contribution in [3.05, 3.63) is 33.9 Å². The van der Waals surface area contributed by atoms with Crippen LogP contribution in [-0.4, -0.2) is 66.4 Å². The van der Waals surface area contributed by atoms with Crippen LogP contribution < -0.4 is 4.90 Å². The van der Waals surface area contributed by atoms with Crippen LogP contribution >= 0.6 is 0 Å². The molecular weight excluding hydrogens is 365 g/mol. The molecule has 2 rings (SSSR count). The summed E-state index contributed by atoms with van der Waals surface area (Å²) in [5, 5.41) is 11.2. The Kier molecular flexibility index (Phi) is 6.30. The van der Waals surface area contributed by atoms with Gasteiger partial charge in [-0.3, -0.25) is 19.8 Å². The van der Waals surface area contributed by atoms with E-state index in [0.717, 1.165) is 12.1 Å². The molecule has 0 aromatic heterocycles. The Morgan fingerprint density at radius 2 is 1.85 bits per heavy atom. The lowest BCUT2D eigenvalue weighted by molar-refractivity contribution is -0.384. The lowest BCUT2D eigenvalue weighted by atomic mass is 10.1. The number of nitro groups is 1. The Labute approximate surface area is 155 Å². The van der Waals surface area contributed by atoms with Gasteiger partial charge in [-0.25, -0.2) is 0 Å². The maximum Gasteiger partial charge on any atom is 0.416 e. The van der Waals surface area contributed by atoms with Crippen LogP contribution in [0.3, 0.4) is 0 Å². The zero-order valence-electron chi connectivity index (χ0n) is 15.5. The van der Waals surface area contributed by atoms with E-state index in [1.54, 1.807) is 16.8 Å². The van der Waals surface area contributed by atoms with Crippen molar-refractivity contribution in [1.82, 2.24) is 9.80 Å². The van der Waals surface area contributed by atoms with E-state index in [1.165, 1.54) is 0 Å². The monoisotopic (exact) mass is 388 g/mol. The summed E-state index contributed by atoms with van der Waals surface area (Å²) in [6.45, 7) is 5.86. The van der Waals surface area contributed by atoms with Crippen molar-refractivity contribution in [1.29, 1.82) is 0 Å². The summed E-state index contributed by atoms with van der Waals surface area (Å²) in [6.07, 6.45) is -4.63. The summed E-state index contributed by atoms with van der Waals surface area (Å²) in [5.41, 5.74) is -1.44. The fourth-order valence-electron chi connectivity index (χ4n) is 2.85. The van der Waals surface area contributed by atoms with E-state index < -0.39 is 22.4 Å². The van der Waals surface area contributed by atoms with Gasteiger partial charge in [0.15, 0.2) is 0 Å². The molecular formula is C17H23F3N4O3. The second-order valence-electron chi connectivity index (χ2n) is 6.82. The Hall–Kier alpha value is -2.36. The van der Waals surface area contributed by atoms with E-state index in [9.17, 15) is 28.1 Å². The second-order valence-corrected chi connectivity index (χ2v) is 6.82. The first-order chi connectivity index (χ1) is 12.5. The van der Waals surface area contributed by atoms with Crippen LogP contribution in [0.5, 0.6) is 0 Å². The molecule has 1 saturated heterocycles. The maximum atomic E-state index is 12.8. The SMILES string of the molecule is CC(C)N(C)C(=O)CN1CCN(c2ccc(C(F)(F)F)cc2[N+](=O)[O-])CC1. The smallest absolute Gasteiger partial charge is 0.363 e. The predicted molar refractivity (Wildman–Crippen MR) is 94.7 cm³/mol. The molecule has 1 aromatic rings. The third-order valence-electron chi connectivity index (χ3n) is 4.74. The molecule has 0 N–H and O–H groups in total. The lowest BCUT2D eigenvalue weighted by Crippen LogP contribution is -2.50. The van der Waals surface area contributed by atoms with Crippen molar-refractivity contribution >= 4 is 17.3 Å². The largest absolute Gasteiger partial charge is 0.416 e. The van der Waals surface area contributed by atoms with Crippen molar-refractivity contribution in [2.75, 3.05) is 44.7 Å². The van der Waals surface area contributed by atoms with E-state index in [-0.39, 0.29) is 24.2 Å². The van der Waals surface area contributed by atoms with Gasteiger partial charge in [-0.1, -0.05) is 0 Å². The minimum Gasteiger partial charge on any atom is -0.363 e. The van der Waals surface area contributed by atoms with E-state index in [1.807, 2.05) is 18.7 Å². The minimum absolute atomic E-state index is 0.0149. The highest BCUT2D eigenvalue weighted by molar-refractivity contribution is 5.78. The van der Waals surface area contributed by atoms with Crippen LogP contribution in [-0.2, 0) is 11.0 Å². The summed E-state index contributed by atoms with van der Waals surface area (Å²) >= 11 is 0. The van der Waals surface area contributed by atoms with Crippen molar-refractivity contribution in [3.8, 4) is 0 Å². The number of alkyl halides is 3. The zero-order valence-corrected chi connectivity index (χ0v) is 15.5. The number of carbonyl (C=O) groups is 1. The minimum atomic E-state index is -4.63. The average molecular weight is 388 g/mol. The van der Waals surface area contributed by atoms with Gasteiger partial charge in [0.05, 0.1) is 17.0 Å². The van der Waals surface area contributed by atoms with Crippen molar-refractivity contribution in [2.45, 2.75) is 26.1 Å². The quantitative estimate of drug-likeness (QED) is 0.573. The Morgan fingerprint density at radius 3 is 2.33 bits per heavy atom. The van der Waals surface area contributed by atoms with Crippen molar-refractivity contribution in [2.24, 2.45) is 0 Å². The molecule has 1 amide bonds. The molecule has 27 heavy (non-hydrogen) atoms. The zero-order chi connectivity index (χ0) is 20.4. The number of nitro benzene ring substituents is 1. The highest BCUT2D eigenvalue weighted by Gasteiger charge is 2.34. The number of likely N-dealkylation sites (N-methyl/N-ethyl adjacent to an activating group) is 1. The van der Waals surface area contributed by atoms with E-state index in [2.05, 4.69) is 0 Å². The van der Waals surface area contributed by atoms with Gasteiger partial charge in [0.2, 0.25) is 5.91 Å². The van der Waals surface area contributed by atoms with E-state index in [0.29, 0.717) is 32.2 Å². The van der Waals surface area contributed by atoms with Gasteiger partial charge in [0.25, 0.3) is 5.69 Å². The van der Waals surface area contributed by atoms with Crippen LogP contribution in [0.1, 0.15) is 19.4 Å². The molecule has 1 fully saturated rings. The first kappa shape index (κ1) is 20.9. The van der Waals surface area contributed by atoms with Gasteiger partial charge >= 0.3 is 6.18 Å². The topological polar surface area (TPSA) is 69.9 Å². The molecule has 1 aromatic carbocycles. The van der Waals surface area contributed by atoms with Crippen molar-refractivity contribution < 1.29 is 22.9 Å². The predicted octanol–water partition coefficient (Wildman–Crippen LogP) is 2.60. The van der Waals surface area contributed by atoms with Crippen molar-refractivity contribution in [3.63, 3.8) is 0 Å². The molecule has 0 aliphatic carbocycles. The number of rotatable bonds is 5. The van der Waals surface area contributed by atoms with Gasteiger partial charge in [0, 0.05) is 45.3 Å². The summed E-state index contributed by atoms with van der Waals surface area (Å²) in [7, 11) is 1.73. The molecule has 0 bridgehead atoms. The number of benzene rings is 1. The highest BCUT2D eigenvalue weighted by atomic mass is 19.4. The fourth-order valence-corrected chi connectivity index (χ4v) is 2.85. The Morgan fingerprint density at radius 1 is 1.26 bits per heavy atom. The molecule has 7 nitrogen and oxygen atoms in total. The molecule has 0 saturated carbocycles. The van der Waals surface area contributed by atoms with Gasteiger partial charge in [-0.15, -0.1) is 0 Å². The molecule has 10 heteroatoms. The number of anilines is 1. The number of amides is 1. The standard InChI is InChI=1S/C17H23F3N4O3/c1-12(2)21(3)16(25)11-22-6-8-23(9-7-22)14-5-4-13(17(18,19)20)10-15(14)24(26)27/h4-5,10,12H,6-9,11H2,1-3H3. The normalized spacial score (nSPS) is 15.9. The number of nitrogens with zero attached hydrogens (tertiary/aromatic N) is 4. The third kappa shape index (κ3) is 5.09. The Bertz CT molecular complexity index is 701. The lowest BCUT2D eigenvalue weighted by Gasteiger charge is -2.36. The van der Waals surface area contributed by atoms with E-state index in [4.69, 9.17) is 0 Å². The number of carbonyl (C=O) groups excluding carboxylic acids is 1. The van der Waals surface area contributed by atoms with E-state index >= 15 is 0 Å². The van der Waals surface area contributed by atoms with Gasteiger partial charge in [0.1, 0.15) is 5.69 Å². The molecule has 1 aliphatic heterocycles. The second kappa shape index (κ2) is 8.12. The molecule has 150 valence electrons. The van der Waals surface area contributed by atoms with Crippen LogP contribution in [0.2, 0.25) is 0 Å². The van der Waals surface area contributed by atoms with Gasteiger partial charge in [-0.05, 0) is 26.0 Å². The molecule has 0 atom stereocenters. The summed E-state index contributed by atoms with van der Waals surface area (Å²) < 4.78 is 38.5. The van der Waals surface area contributed by atoms with Crippen LogP contribution in [0.4, 0.5) is 24.5 Å². The highest BCUT2D eigenvalue weighted by Crippen LogP contribution is 2.36. The third-order valence-corrected chi connectivity index (χ3v) is 4.74. The summed E-state index contributed by atoms with van der Waals surface area (Å²) in [6, 6.07) is 2.67. The summed E-state index contributed by atoms with van der Waals surface area (Å²) in [4.78, 5) is 27.9. The molecule has 1 aliphatic rings. The van der Waals surface area contributed by atoms with Gasteiger partial charge < -0.3 is 9.80 Å². The Balaban J connectivity index is 2.07. The van der Waals surface area contributed by atoms with Crippen LogP contribution in [0.15, 0.2) is 18.2 Å². The van der Waals surface area contributed by atoms with Gasteiger partial charge in [-0.2, -0.15) is 13.2 Å². The van der Waals surface area contributed by atoms with Crippen LogP contribution in [0, 0.1) is 10.1 Å². The first-order valence-electron chi connectivity index (χ1n) is 8.59. The molecule has 1 heterocycles. The molecule has 0 unspecified atom stereocenters. The average Bonchev–Trinajstić information content (AvgIpc) is 2.60. The summed E-state index contributed by atoms with van der Waals surface area (Å²) in [5.74, 6) is -0.0149. The molecule has 0 spiro atoms. The number of hydrogen-bond acceptors (Lipinski definition) is 5.